The van der Waals surface area contributed by atoms with E-state index in [1.165, 1.54) is 19.1 Å². The third kappa shape index (κ3) is 5.44. The first-order chi connectivity index (χ1) is 18.2. The molecule has 5 N–H and O–H groups in total. The molecule has 0 bridgehead atoms. The summed E-state index contributed by atoms with van der Waals surface area (Å²) in [6.07, 6.45) is 4.83. The highest BCUT2D eigenvalue weighted by molar-refractivity contribution is 7.09. The molecule has 0 radical (unpaired) electrons. The summed E-state index contributed by atoms with van der Waals surface area (Å²) < 4.78 is 20.8. The molecule has 1 aliphatic carbocycles. The van der Waals surface area contributed by atoms with Gasteiger partial charge in [0, 0.05) is 12.1 Å². The minimum absolute atomic E-state index is 0.0283. The van der Waals surface area contributed by atoms with Crippen LogP contribution in [0.15, 0.2) is 34.7 Å². The number of benzene rings is 1. The van der Waals surface area contributed by atoms with Gasteiger partial charge in [-0.25, -0.2) is 0 Å². The van der Waals surface area contributed by atoms with E-state index in [1.54, 1.807) is 37.3 Å². The third-order valence-corrected chi connectivity index (χ3v) is 7.36. The zero-order valence-corrected chi connectivity index (χ0v) is 22.3. The Labute approximate surface area is 224 Å². The minimum Gasteiger partial charge on any atom is -0.497 e. The van der Waals surface area contributed by atoms with E-state index < -0.39 is 23.8 Å². The zero-order chi connectivity index (χ0) is 27.4. The molecule has 11 nitrogen and oxygen atoms in total. The van der Waals surface area contributed by atoms with E-state index in [4.69, 9.17) is 25.4 Å². The Bertz CT molecular complexity index is 1330. The van der Waals surface area contributed by atoms with Crippen molar-refractivity contribution in [3.8, 4) is 11.5 Å². The maximum Gasteiger partial charge on any atom is 0.273 e. The van der Waals surface area contributed by atoms with Crippen LogP contribution in [0.5, 0.6) is 11.5 Å². The first kappa shape index (κ1) is 27.0. The second-order valence-corrected chi connectivity index (χ2v) is 9.82. The van der Waals surface area contributed by atoms with Crippen molar-refractivity contribution >= 4 is 40.6 Å². The molecule has 4 rings (SSSR count). The molecular weight excluding hydrogens is 510 g/mol. The summed E-state index contributed by atoms with van der Waals surface area (Å²) in [6.45, 7) is 1.75. The number of rotatable bonds is 9. The Balaban J connectivity index is 1.88. The quantitative estimate of drug-likeness (QED) is 0.370. The first-order valence-corrected chi connectivity index (χ1v) is 13.0. The number of methoxy groups -OCH3 is 2. The van der Waals surface area contributed by atoms with E-state index in [2.05, 4.69) is 9.69 Å². The summed E-state index contributed by atoms with van der Waals surface area (Å²) in [5, 5.41) is 3.11. The third-order valence-electron chi connectivity index (χ3n) is 6.51. The highest BCUT2D eigenvalue weighted by atomic mass is 32.1. The average Bonchev–Trinajstić information content (AvgIpc) is 3.52. The zero-order valence-electron chi connectivity index (χ0n) is 21.5. The highest BCUT2D eigenvalue weighted by Crippen LogP contribution is 2.40. The number of aryl methyl sites for hydroxylation is 1. The maximum atomic E-state index is 14.2. The second-order valence-electron chi connectivity index (χ2n) is 9.05. The van der Waals surface area contributed by atoms with Crippen LogP contribution in [0.25, 0.3) is 0 Å². The van der Waals surface area contributed by atoms with E-state index in [0.29, 0.717) is 11.5 Å². The van der Waals surface area contributed by atoms with Crippen molar-refractivity contribution in [1.29, 1.82) is 0 Å². The molecule has 3 amide bonds. The van der Waals surface area contributed by atoms with E-state index >= 15 is 0 Å². The summed E-state index contributed by atoms with van der Waals surface area (Å²) in [6, 6.07) is 6.98. The number of hydrogen-bond acceptors (Lipinski definition) is 9. The fraction of sp³-hybridized carbons (Fsp3) is 0.385. The predicted octanol–water partition coefficient (Wildman–Crippen LogP) is 3.58. The lowest BCUT2D eigenvalue weighted by molar-refractivity contribution is -0.123. The minimum atomic E-state index is -1.22. The van der Waals surface area contributed by atoms with Gasteiger partial charge in [-0.05, 0) is 55.6 Å². The lowest BCUT2D eigenvalue weighted by Crippen LogP contribution is -2.47. The van der Waals surface area contributed by atoms with Gasteiger partial charge in [-0.3, -0.25) is 19.3 Å². The van der Waals surface area contributed by atoms with Crippen molar-refractivity contribution in [1.82, 2.24) is 9.69 Å². The molecule has 1 atom stereocenters. The Morgan fingerprint density at radius 2 is 1.87 bits per heavy atom. The summed E-state index contributed by atoms with van der Waals surface area (Å²) in [5.74, 6) is -0.375. The fourth-order valence-electron chi connectivity index (χ4n) is 4.59. The van der Waals surface area contributed by atoms with Gasteiger partial charge in [-0.15, -0.1) is 0 Å². The number of amides is 3. The highest BCUT2D eigenvalue weighted by Gasteiger charge is 2.40. The van der Waals surface area contributed by atoms with Gasteiger partial charge >= 0.3 is 0 Å². The van der Waals surface area contributed by atoms with E-state index in [0.717, 1.165) is 43.6 Å². The Morgan fingerprint density at radius 1 is 1.13 bits per heavy atom. The van der Waals surface area contributed by atoms with Crippen LogP contribution in [-0.4, -0.2) is 42.4 Å². The van der Waals surface area contributed by atoms with Gasteiger partial charge in [0.1, 0.15) is 27.9 Å². The van der Waals surface area contributed by atoms with Crippen molar-refractivity contribution in [3.63, 3.8) is 0 Å². The molecular formula is C26H31N5O6S. The number of carbonyl (C=O) groups is 3. The largest absolute Gasteiger partial charge is 0.497 e. The smallest absolute Gasteiger partial charge is 0.273 e. The fourth-order valence-corrected chi connectivity index (χ4v) is 5.33. The van der Waals surface area contributed by atoms with Gasteiger partial charge in [0.25, 0.3) is 17.7 Å². The number of hydrogen-bond donors (Lipinski definition) is 3. The van der Waals surface area contributed by atoms with Crippen molar-refractivity contribution < 1.29 is 28.3 Å². The van der Waals surface area contributed by atoms with E-state index in [-0.39, 0.29) is 39.5 Å². The molecule has 1 aliphatic rings. The van der Waals surface area contributed by atoms with Crippen LogP contribution < -0.4 is 31.2 Å². The average molecular weight is 542 g/mol. The van der Waals surface area contributed by atoms with E-state index in [1.807, 2.05) is 0 Å². The Hall–Kier alpha value is -4.06. The summed E-state index contributed by atoms with van der Waals surface area (Å²) in [7, 11) is 2.95. The molecule has 1 saturated carbocycles. The number of aromatic nitrogens is 1. The van der Waals surface area contributed by atoms with Crippen LogP contribution in [0.4, 0.5) is 11.4 Å². The van der Waals surface area contributed by atoms with Crippen molar-refractivity contribution in [2.45, 2.75) is 51.1 Å². The number of primary amides is 1. The lowest BCUT2D eigenvalue weighted by atomic mass is 9.95. The number of carbonyl (C=O) groups excluding carboxylic acids is 3. The standard InChI is InChI=1S/C26H31N5O6S/c1-14-9-12-18(37-14)22(25(33)29-15-7-5-4-6-8-15)31(17-11-10-16(35-2)13-19(17)36-3)26(34)23-20(27)21(24(28)32)30-38-23/h9-13,15,22H,4-8,27H2,1-3H3,(H2,28,32)(H,29,33)/t22-/m0/s1. The Morgan fingerprint density at radius 3 is 2.45 bits per heavy atom. The van der Waals surface area contributed by atoms with Gasteiger partial charge in [0.05, 0.1) is 25.6 Å². The first-order valence-electron chi connectivity index (χ1n) is 12.2. The Kier molecular flexibility index (Phi) is 8.20. The second kappa shape index (κ2) is 11.5. The van der Waals surface area contributed by atoms with Crippen LogP contribution in [0.3, 0.4) is 0 Å². The van der Waals surface area contributed by atoms with Gasteiger partial charge in [-0.2, -0.15) is 4.37 Å². The summed E-state index contributed by atoms with van der Waals surface area (Å²) in [5.41, 5.74) is 11.4. The van der Waals surface area contributed by atoms with Crippen LogP contribution >= 0.6 is 11.5 Å². The number of nitrogens with zero attached hydrogens (tertiary/aromatic N) is 2. The monoisotopic (exact) mass is 541 g/mol. The van der Waals surface area contributed by atoms with Crippen LogP contribution in [0.1, 0.15) is 69.8 Å². The molecule has 2 heterocycles. The predicted molar refractivity (Wildman–Crippen MR) is 143 cm³/mol. The van der Waals surface area contributed by atoms with Crippen molar-refractivity contribution in [2.75, 3.05) is 24.9 Å². The number of nitrogens with two attached hydrogens (primary N) is 2. The number of nitrogens with one attached hydrogen (secondary N) is 1. The number of furan rings is 1. The summed E-state index contributed by atoms with van der Waals surface area (Å²) >= 11 is 0.727. The SMILES string of the molecule is COc1ccc(N(C(=O)c2snc(C(N)=O)c2N)[C@H](C(=O)NC2CCCCC2)c2ccc(C)o2)c(OC)c1. The van der Waals surface area contributed by atoms with Crippen molar-refractivity contribution in [3.05, 3.63) is 52.4 Å². The molecule has 0 unspecified atom stereocenters. The molecule has 3 aromatic rings. The number of ether oxygens (including phenoxy) is 2. The molecule has 202 valence electrons. The van der Waals surface area contributed by atoms with Gasteiger partial charge in [0.15, 0.2) is 11.7 Å². The normalized spacial score (nSPS) is 14.5. The van der Waals surface area contributed by atoms with Crippen LogP contribution in [-0.2, 0) is 4.79 Å². The lowest BCUT2D eigenvalue weighted by Gasteiger charge is -2.32. The molecule has 0 aliphatic heterocycles. The van der Waals surface area contributed by atoms with Crippen LogP contribution in [0, 0.1) is 6.92 Å². The molecule has 2 aromatic heterocycles. The molecule has 0 spiro atoms. The topological polar surface area (TPSA) is 163 Å². The van der Waals surface area contributed by atoms with Gasteiger partial charge in [-0.1, -0.05) is 19.3 Å². The van der Waals surface area contributed by atoms with Crippen LogP contribution in [0.2, 0.25) is 0 Å². The molecule has 38 heavy (non-hydrogen) atoms. The molecule has 12 heteroatoms. The number of nitrogen functional groups attached to an aromatic ring is 1. The molecule has 1 aromatic carbocycles. The summed E-state index contributed by atoms with van der Waals surface area (Å²) in [4.78, 5) is 41.2. The van der Waals surface area contributed by atoms with Gasteiger partial charge in [0.2, 0.25) is 0 Å². The van der Waals surface area contributed by atoms with Crippen molar-refractivity contribution in [2.24, 2.45) is 5.73 Å². The molecule has 0 saturated heterocycles. The number of anilines is 2. The van der Waals surface area contributed by atoms with Gasteiger partial charge < -0.3 is 30.7 Å². The maximum absolute atomic E-state index is 14.2. The van der Waals surface area contributed by atoms with E-state index in [9.17, 15) is 14.4 Å². The molecule has 1 fully saturated rings.